The molecule has 0 unspecified atom stereocenters. The number of hydrogen-bond acceptors (Lipinski definition) is 5. The highest BCUT2D eigenvalue weighted by Crippen LogP contribution is 2.08. The maximum atomic E-state index is 11.6. The summed E-state index contributed by atoms with van der Waals surface area (Å²) in [7, 11) is -3.14. The van der Waals surface area contributed by atoms with Gasteiger partial charge in [0.05, 0.1) is 11.5 Å². The van der Waals surface area contributed by atoms with Crippen molar-refractivity contribution in [3.8, 4) is 6.07 Å². The highest BCUT2D eigenvalue weighted by molar-refractivity contribution is 7.90. The summed E-state index contributed by atoms with van der Waals surface area (Å²) in [6.07, 6.45) is 1.89. The fraction of sp³-hybridized carbons (Fsp3) is 0.400. The van der Waals surface area contributed by atoms with Gasteiger partial charge in [0, 0.05) is 6.20 Å². The van der Waals surface area contributed by atoms with Gasteiger partial charge in [0.2, 0.25) is 0 Å². The van der Waals surface area contributed by atoms with E-state index in [1.807, 2.05) is 6.07 Å². The van der Waals surface area contributed by atoms with Gasteiger partial charge in [0.15, 0.2) is 9.84 Å². The highest BCUT2D eigenvalue weighted by atomic mass is 32.2. The lowest BCUT2D eigenvalue weighted by Crippen LogP contribution is -2.13. The zero-order chi connectivity index (χ0) is 12.0. The molecule has 16 heavy (non-hydrogen) atoms. The van der Waals surface area contributed by atoms with Crippen LogP contribution in [0.5, 0.6) is 0 Å². The van der Waals surface area contributed by atoms with Gasteiger partial charge in [-0.15, -0.1) is 0 Å². The molecule has 0 spiro atoms. The van der Waals surface area contributed by atoms with Gasteiger partial charge >= 0.3 is 0 Å². The average Bonchev–Trinajstić information content (AvgIpc) is 2.26. The van der Waals surface area contributed by atoms with Gasteiger partial charge in [0.25, 0.3) is 0 Å². The van der Waals surface area contributed by atoms with Crippen molar-refractivity contribution in [2.45, 2.75) is 12.2 Å². The van der Waals surface area contributed by atoms with Gasteiger partial charge < -0.3 is 5.73 Å². The quantitative estimate of drug-likeness (QED) is 0.792. The predicted octanol–water partition coefficient (Wildman–Crippen LogP) is 0.217. The van der Waals surface area contributed by atoms with E-state index >= 15 is 0 Å². The summed E-state index contributed by atoms with van der Waals surface area (Å²) < 4.78 is 23.2. The molecular weight excluding hydrogens is 226 g/mol. The standard InChI is InChI=1S/C10H13N3O2S/c11-3-1-5-16(14,15)8-9-2-4-13-10(6-9)7-12/h2,4,6H,1,3,5,8,11H2. The first-order valence-corrected chi connectivity index (χ1v) is 6.65. The number of rotatable bonds is 5. The van der Waals surface area contributed by atoms with Gasteiger partial charge in [-0.1, -0.05) is 0 Å². The van der Waals surface area contributed by atoms with Crippen LogP contribution < -0.4 is 5.73 Å². The molecule has 0 bridgehead atoms. The topological polar surface area (TPSA) is 96.8 Å². The Morgan fingerprint density at radius 1 is 1.50 bits per heavy atom. The molecule has 0 amide bonds. The Kier molecular flexibility index (Phi) is 4.40. The zero-order valence-corrected chi connectivity index (χ0v) is 9.57. The molecule has 1 aromatic rings. The summed E-state index contributed by atoms with van der Waals surface area (Å²) in [5.41, 5.74) is 6.07. The molecule has 0 saturated heterocycles. The highest BCUT2D eigenvalue weighted by Gasteiger charge is 2.11. The number of nitrogens with two attached hydrogens (primary N) is 1. The van der Waals surface area contributed by atoms with Crippen LogP contribution in [0.4, 0.5) is 0 Å². The Labute approximate surface area is 94.8 Å². The second-order valence-corrected chi connectivity index (χ2v) is 5.58. The number of aromatic nitrogens is 1. The minimum atomic E-state index is -3.14. The van der Waals surface area contributed by atoms with E-state index in [-0.39, 0.29) is 17.2 Å². The molecule has 0 saturated carbocycles. The summed E-state index contributed by atoms with van der Waals surface area (Å²) in [6.45, 7) is 0.360. The molecule has 1 rings (SSSR count). The molecule has 0 aromatic carbocycles. The summed E-state index contributed by atoms with van der Waals surface area (Å²) >= 11 is 0. The fourth-order valence-corrected chi connectivity index (χ4v) is 2.69. The van der Waals surface area contributed by atoms with Crippen molar-refractivity contribution in [2.75, 3.05) is 12.3 Å². The second kappa shape index (κ2) is 5.58. The van der Waals surface area contributed by atoms with Crippen LogP contribution in [0, 0.1) is 11.3 Å². The third-order valence-corrected chi connectivity index (χ3v) is 3.67. The van der Waals surface area contributed by atoms with E-state index in [4.69, 9.17) is 11.0 Å². The van der Waals surface area contributed by atoms with Crippen LogP contribution in [-0.4, -0.2) is 25.7 Å². The maximum Gasteiger partial charge on any atom is 0.154 e. The molecule has 0 aliphatic heterocycles. The van der Waals surface area contributed by atoms with Crippen LogP contribution in [-0.2, 0) is 15.6 Å². The Morgan fingerprint density at radius 2 is 2.25 bits per heavy atom. The number of sulfone groups is 1. The molecule has 0 atom stereocenters. The normalized spacial score (nSPS) is 11.0. The van der Waals surface area contributed by atoms with Crippen molar-refractivity contribution in [3.05, 3.63) is 29.6 Å². The summed E-state index contributed by atoms with van der Waals surface area (Å²) in [4.78, 5) is 3.77. The lowest BCUT2D eigenvalue weighted by Gasteiger charge is -2.03. The van der Waals surface area contributed by atoms with Crippen LogP contribution in [0.1, 0.15) is 17.7 Å². The second-order valence-electron chi connectivity index (χ2n) is 3.40. The van der Waals surface area contributed by atoms with Crippen molar-refractivity contribution in [2.24, 2.45) is 5.73 Å². The third-order valence-electron chi connectivity index (χ3n) is 1.98. The number of nitriles is 1. The third kappa shape index (κ3) is 3.96. The monoisotopic (exact) mass is 239 g/mol. The van der Waals surface area contributed by atoms with E-state index in [1.54, 1.807) is 6.07 Å². The van der Waals surface area contributed by atoms with E-state index in [0.717, 1.165) is 0 Å². The van der Waals surface area contributed by atoms with Gasteiger partial charge in [0.1, 0.15) is 11.8 Å². The van der Waals surface area contributed by atoms with Gasteiger partial charge in [-0.3, -0.25) is 0 Å². The Morgan fingerprint density at radius 3 is 2.88 bits per heavy atom. The van der Waals surface area contributed by atoms with Crippen LogP contribution in [0.15, 0.2) is 18.3 Å². The first-order valence-electron chi connectivity index (χ1n) is 4.83. The SMILES string of the molecule is N#Cc1cc(CS(=O)(=O)CCCN)ccn1. The molecule has 1 aromatic heterocycles. The largest absolute Gasteiger partial charge is 0.330 e. The Hall–Kier alpha value is -1.45. The molecule has 6 heteroatoms. The van der Waals surface area contributed by atoms with E-state index in [9.17, 15) is 8.42 Å². The minimum absolute atomic E-state index is 0.0653. The Bertz CT molecular complexity index is 491. The molecule has 5 nitrogen and oxygen atoms in total. The van der Waals surface area contributed by atoms with Crippen LogP contribution in [0.2, 0.25) is 0 Å². The number of pyridine rings is 1. The number of nitrogens with zero attached hydrogens (tertiary/aromatic N) is 2. The molecular formula is C10H13N3O2S. The molecule has 0 aliphatic carbocycles. The van der Waals surface area contributed by atoms with Crippen LogP contribution >= 0.6 is 0 Å². The minimum Gasteiger partial charge on any atom is -0.330 e. The maximum absolute atomic E-state index is 11.6. The van der Waals surface area contributed by atoms with Crippen molar-refractivity contribution in [1.82, 2.24) is 4.98 Å². The van der Waals surface area contributed by atoms with E-state index in [1.165, 1.54) is 12.3 Å². The number of hydrogen-bond donors (Lipinski definition) is 1. The lowest BCUT2D eigenvalue weighted by atomic mass is 10.2. The van der Waals surface area contributed by atoms with Crippen molar-refractivity contribution in [1.29, 1.82) is 5.26 Å². The molecule has 2 N–H and O–H groups in total. The van der Waals surface area contributed by atoms with Crippen LogP contribution in [0.25, 0.3) is 0 Å². The van der Waals surface area contributed by atoms with Crippen molar-refractivity contribution < 1.29 is 8.42 Å². The van der Waals surface area contributed by atoms with Crippen molar-refractivity contribution >= 4 is 9.84 Å². The zero-order valence-electron chi connectivity index (χ0n) is 8.76. The lowest BCUT2D eigenvalue weighted by molar-refractivity contribution is 0.593. The summed E-state index contributed by atoms with van der Waals surface area (Å²) in [5, 5.41) is 8.62. The molecule has 0 fully saturated rings. The summed E-state index contributed by atoms with van der Waals surface area (Å²) in [6, 6.07) is 4.95. The smallest absolute Gasteiger partial charge is 0.154 e. The summed E-state index contributed by atoms with van der Waals surface area (Å²) in [5.74, 6) is 0.0118. The molecule has 0 radical (unpaired) electrons. The van der Waals surface area contributed by atoms with E-state index < -0.39 is 9.84 Å². The molecule has 0 aliphatic rings. The van der Waals surface area contributed by atoms with Gasteiger partial charge in [-0.2, -0.15) is 5.26 Å². The fourth-order valence-electron chi connectivity index (χ4n) is 1.25. The van der Waals surface area contributed by atoms with Gasteiger partial charge in [-0.05, 0) is 30.7 Å². The molecule has 1 heterocycles. The van der Waals surface area contributed by atoms with Crippen LogP contribution in [0.3, 0.4) is 0 Å². The first-order chi connectivity index (χ1) is 7.57. The van der Waals surface area contributed by atoms with E-state index in [0.29, 0.717) is 18.5 Å². The Balaban J connectivity index is 2.77. The van der Waals surface area contributed by atoms with Gasteiger partial charge in [-0.25, -0.2) is 13.4 Å². The average molecular weight is 239 g/mol. The van der Waals surface area contributed by atoms with Crippen molar-refractivity contribution in [3.63, 3.8) is 0 Å². The molecule has 86 valence electrons. The van der Waals surface area contributed by atoms with E-state index in [2.05, 4.69) is 4.98 Å². The predicted molar refractivity (Wildman–Crippen MR) is 60.1 cm³/mol. The first kappa shape index (κ1) is 12.6.